The molecule has 1 saturated heterocycles. The first kappa shape index (κ1) is 24.4. The average Bonchev–Trinajstić information content (AvgIpc) is 2.84. The van der Waals surface area contributed by atoms with Gasteiger partial charge in [0.25, 0.3) is 0 Å². The van der Waals surface area contributed by atoms with Crippen LogP contribution in [-0.4, -0.2) is 46.7 Å². The summed E-state index contributed by atoms with van der Waals surface area (Å²) in [5, 5.41) is 13.1. The first-order valence-corrected chi connectivity index (χ1v) is 10.7. The van der Waals surface area contributed by atoms with Crippen molar-refractivity contribution in [3.05, 3.63) is 65.9 Å². The highest BCUT2D eigenvalue weighted by Gasteiger charge is 2.30. The SMILES string of the molecule is NC(=O)C1CNCCN1c1cc(C(N)O)nc(-c2ccc(Oc3ccc(C(F)(F)F)cc3)cc2)n1. The molecule has 0 radical (unpaired) electrons. The van der Waals surface area contributed by atoms with Crippen LogP contribution in [0.2, 0.25) is 0 Å². The number of ether oxygens (including phenoxy) is 1. The van der Waals surface area contributed by atoms with Crippen molar-refractivity contribution < 1.29 is 27.8 Å². The van der Waals surface area contributed by atoms with Crippen molar-refractivity contribution in [1.82, 2.24) is 15.3 Å². The number of alkyl halides is 3. The van der Waals surface area contributed by atoms with Gasteiger partial charge in [-0.15, -0.1) is 0 Å². The number of hydrogen-bond donors (Lipinski definition) is 4. The molecule has 4 rings (SSSR count). The van der Waals surface area contributed by atoms with Gasteiger partial charge in [-0.2, -0.15) is 13.2 Å². The van der Waals surface area contributed by atoms with Crippen LogP contribution in [0.15, 0.2) is 54.6 Å². The molecule has 12 heteroatoms. The van der Waals surface area contributed by atoms with Crippen molar-refractivity contribution in [2.75, 3.05) is 24.5 Å². The smallest absolute Gasteiger partial charge is 0.416 e. The number of anilines is 1. The second-order valence-electron chi connectivity index (χ2n) is 7.88. The summed E-state index contributed by atoms with van der Waals surface area (Å²) in [6, 6.07) is 11.8. The Bertz CT molecular complexity index is 1190. The molecule has 35 heavy (non-hydrogen) atoms. The van der Waals surface area contributed by atoms with Gasteiger partial charge in [-0.25, -0.2) is 9.97 Å². The van der Waals surface area contributed by atoms with E-state index in [1.165, 1.54) is 18.2 Å². The lowest BCUT2D eigenvalue weighted by Crippen LogP contribution is -2.57. The summed E-state index contributed by atoms with van der Waals surface area (Å²) in [5.74, 6) is 0.764. The maximum Gasteiger partial charge on any atom is 0.416 e. The van der Waals surface area contributed by atoms with Crippen LogP contribution in [0.4, 0.5) is 19.0 Å². The summed E-state index contributed by atoms with van der Waals surface area (Å²) in [6.45, 7) is 1.43. The minimum Gasteiger partial charge on any atom is -0.457 e. The highest BCUT2D eigenvalue weighted by atomic mass is 19.4. The van der Waals surface area contributed by atoms with Gasteiger partial charge in [0.2, 0.25) is 5.91 Å². The summed E-state index contributed by atoms with van der Waals surface area (Å²) < 4.78 is 43.8. The number of nitrogens with two attached hydrogens (primary N) is 2. The number of carbonyl (C=O) groups is 1. The molecule has 1 amide bonds. The first-order chi connectivity index (χ1) is 16.6. The topological polar surface area (TPSA) is 140 Å². The molecule has 3 aromatic rings. The van der Waals surface area contributed by atoms with E-state index in [4.69, 9.17) is 16.2 Å². The fourth-order valence-electron chi connectivity index (χ4n) is 3.63. The fraction of sp³-hybridized carbons (Fsp3) is 0.261. The fourth-order valence-corrected chi connectivity index (χ4v) is 3.63. The summed E-state index contributed by atoms with van der Waals surface area (Å²) in [4.78, 5) is 22.5. The normalized spacial score (nSPS) is 17.2. The number of primary amides is 1. The zero-order valence-corrected chi connectivity index (χ0v) is 18.4. The Balaban J connectivity index is 1.59. The van der Waals surface area contributed by atoms with E-state index in [-0.39, 0.29) is 17.3 Å². The summed E-state index contributed by atoms with van der Waals surface area (Å²) in [6.07, 6.45) is -5.79. The molecule has 0 saturated carbocycles. The van der Waals surface area contributed by atoms with Gasteiger partial charge >= 0.3 is 6.18 Å². The Morgan fingerprint density at radius 2 is 1.74 bits per heavy atom. The maximum atomic E-state index is 12.7. The number of aliphatic hydroxyl groups excluding tert-OH is 1. The molecular formula is C23H23F3N6O3. The van der Waals surface area contributed by atoms with Crippen LogP contribution >= 0.6 is 0 Å². The third-order valence-corrected chi connectivity index (χ3v) is 5.43. The van der Waals surface area contributed by atoms with Gasteiger partial charge in [0.15, 0.2) is 5.82 Å². The van der Waals surface area contributed by atoms with Crippen LogP contribution in [-0.2, 0) is 11.0 Å². The number of nitrogens with zero attached hydrogens (tertiary/aromatic N) is 3. The number of nitrogens with one attached hydrogen (secondary N) is 1. The molecule has 1 aliphatic heterocycles. The second-order valence-corrected chi connectivity index (χ2v) is 7.88. The van der Waals surface area contributed by atoms with E-state index >= 15 is 0 Å². The van der Waals surface area contributed by atoms with E-state index in [0.717, 1.165) is 12.1 Å². The summed E-state index contributed by atoms with van der Waals surface area (Å²) in [7, 11) is 0. The highest BCUT2D eigenvalue weighted by molar-refractivity contribution is 5.84. The Morgan fingerprint density at radius 3 is 2.31 bits per heavy atom. The van der Waals surface area contributed by atoms with E-state index in [1.54, 1.807) is 29.2 Å². The molecule has 184 valence electrons. The molecule has 0 aliphatic carbocycles. The van der Waals surface area contributed by atoms with E-state index in [1.807, 2.05) is 0 Å². The lowest BCUT2D eigenvalue weighted by Gasteiger charge is -2.35. The highest BCUT2D eigenvalue weighted by Crippen LogP contribution is 2.32. The molecule has 1 fully saturated rings. The van der Waals surface area contributed by atoms with Gasteiger partial charge in [0.05, 0.1) is 11.3 Å². The molecule has 2 heterocycles. The standard InChI is InChI=1S/C23H23F3N6O3/c24-23(25,26)14-3-7-16(8-4-14)35-15-5-1-13(2-6-15)22-30-17(20(27)33)11-19(31-22)32-10-9-29-12-18(32)21(28)34/h1-8,11,18,20,29,33H,9-10,12,27H2,(H2,28,34). The zero-order valence-electron chi connectivity index (χ0n) is 18.4. The molecule has 2 atom stereocenters. The molecule has 2 unspecified atom stereocenters. The molecule has 1 aromatic heterocycles. The number of benzene rings is 2. The van der Waals surface area contributed by atoms with Gasteiger partial charge in [0.1, 0.15) is 29.6 Å². The van der Waals surface area contributed by atoms with Crippen molar-refractivity contribution in [2.45, 2.75) is 18.4 Å². The number of hydrogen-bond acceptors (Lipinski definition) is 8. The Morgan fingerprint density at radius 1 is 1.11 bits per heavy atom. The molecule has 2 aromatic carbocycles. The number of rotatable bonds is 6. The van der Waals surface area contributed by atoms with Gasteiger partial charge in [0, 0.05) is 31.3 Å². The quantitative estimate of drug-likeness (QED) is 0.387. The van der Waals surface area contributed by atoms with Gasteiger partial charge in [-0.3, -0.25) is 4.79 Å². The van der Waals surface area contributed by atoms with Crippen molar-refractivity contribution >= 4 is 11.7 Å². The van der Waals surface area contributed by atoms with Gasteiger partial charge < -0.3 is 31.5 Å². The van der Waals surface area contributed by atoms with Gasteiger partial charge in [-0.05, 0) is 48.5 Å². The van der Waals surface area contributed by atoms with Crippen LogP contribution in [0.25, 0.3) is 11.4 Å². The number of halogens is 3. The molecule has 9 nitrogen and oxygen atoms in total. The van der Waals surface area contributed by atoms with Crippen molar-refractivity contribution in [3.8, 4) is 22.9 Å². The van der Waals surface area contributed by atoms with Crippen LogP contribution in [0.3, 0.4) is 0 Å². The molecule has 6 N–H and O–H groups in total. The third kappa shape index (κ3) is 5.67. The molecule has 1 aliphatic rings. The Hall–Kier alpha value is -3.74. The van der Waals surface area contributed by atoms with Crippen LogP contribution < -0.4 is 26.4 Å². The number of piperazine rings is 1. The maximum absolute atomic E-state index is 12.7. The van der Waals surface area contributed by atoms with E-state index < -0.39 is 29.9 Å². The summed E-state index contributed by atoms with van der Waals surface area (Å²) >= 11 is 0. The Kier molecular flexibility index (Phi) is 6.87. The van der Waals surface area contributed by atoms with Crippen LogP contribution in [0.5, 0.6) is 11.5 Å². The predicted molar refractivity (Wildman–Crippen MR) is 121 cm³/mol. The van der Waals surface area contributed by atoms with E-state index in [2.05, 4.69) is 15.3 Å². The monoisotopic (exact) mass is 488 g/mol. The van der Waals surface area contributed by atoms with Crippen molar-refractivity contribution in [2.24, 2.45) is 11.5 Å². The lowest BCUT2D eigenvalue weighted by atomic mass is 10.1. The number of carbonyl (C=O) groups excluding carboxylic acids is 1. The van der Waals surface area contributed by atoms with Crippen molar-refractivity contribution in [3.63, 3.8) is 0 Å². The minimum absolute atomic E-state index is 0.164. The zero-order chi connectivity index (χ0) is 25.2. The number of aliphatic hydroxyl groups is 1. The average molecular weight is 488 g/mol. The Labute approximate surface area is 198 Å². The van der Waals surface area contributed by atoms with Crippen LogP contribution in [0, 0.1) is 0 Å². The number of aromatic nitrogens is 2. The minimum atomic E-state index is -4.42. The molecular weight excluding hydrogens is 465 g/mol. The second kappa shape index (κ2) is 9.86. The van der Waals surface area contributed by atoms with E-state index in [0.29, 0.717) is 36.8 Å². The van der Waals surface area contributed by atoms with E-state index in [9.17, 15) is 23.1 Å². The largest absolute Gasteiger partial charge is 0.457 e. The molecule has 0 spiro atoms. The first-order valence-electron chi connectivity index (χ1n) is 10.7. The van der Waals surface area contributed by atoms with Gasteiger partial charge in [-0.1, -0.05) is 0 Å². The predicted octanol–water partition coefficient (Wildman–Crippen LogP) is 2.17. The number of amides is 1. The summed E-state index contributed by atoms with van der Waals surface area (Å²) in [5.41, 5.74) is 11.2. The van der Waals surface area contributed by atoms with Crippen molar-refractivity contribution in [1.29, 1.82) is 0 Å². The third-order valence-electron chi connectivity index (χ3n) is 5.43. The van der Waals surface area contributed by atoms with Crippen LogP contribution in [0.1, 0.15) is 17.5 Å². The molecule has 0 bridgehead atoms. The lowest BCUT2D eigenvalue weighted by molar-refractivity contribution is -0.137.